The molecule has 0 saturated heterocycles. The van der Waals surface area contributed by atoms with E-state index in [1.807, 2.05) is 33.8 Å². The predicted octanol–water partition coefficient (Wildman–Crippen LogP) is 3.47. The number of carbonyl (C=O) groups excluding carboxylic acids is 1. The van der Waals surface area contributed by atoms with E-state index < -0.39 is 5.60 Å². The smallest absolute Gasteiger partial charge is 0.410 e. The van der Waals surface area contributed by atoms with E-state index in [9.17, 15) is 4.79 Å². The van der Waals surface area contributed by atoms with Gasteiger partial charge < -0.3 is 14.1 Å². The molecule has 1 aromatic heterocycles. The van der Waals surface area contributed by atoms with Crippen LogP contribution >= 0.6 is 0 Å². The molecule has 0 bridgehead atoms. The van der Waals surface area contributed by atoms with E-state index >= 15 is 0 Å². The topological polar surface area (TPSA) is 55.6 Å². The van der Waals surface area contributed by atoms with Crippen LogP contribution in [0.5, 0.6) is 0 Å². The van der Waals surface area contributed by atoms with Gasteiger partial charge in [-0.1, -0.05) is 6.07 Å². The van der Waals surface area contributed by atoms with E-state index in [1.165, 1.54) is 11.1 Å². The van der Waals surface area contributed by atoms with Crippen LogP contribution in [-0.2, 0) is 17.6 Å². The van der Waals surface area contributed by atoms with Gasteiger partial charge in [-0.05, 0) is 50.8 Å². The summed E-state index contributed by atoms with van der Waals surface area (Å²) in [7, 11) is 0. The molecule has 0 unspecified atom stereocenters. The molecule has 0 aliphatic carbocycles. The van der Waals surface area contributed by atoms with Crippen LogP contribution < -0.4 is 0 Å². The largest absolute Gasteiger partial charge is 0.444 e. The Balaban J connectivity index is 1.83. The zero-order valence-electron chi connectivity index (χ0n) is 13.6. The third-order valence-corrected chi connectivity index (χ3v) is 3.80. The summed E-state index contributed by atoms with van der Waals surface area (Å²) < 4.78 is 11.1. The second kappa shape index (κ2) is 5.30. The van der Waals surface area contributed by atoms with Gasteiger partial charge in [-0.3, -0.25) is 0 Å². The number of hydrogen-bond donors (Lipinski definition) is 0. The summed E-state index contributed by atoms with van der Waals surface area (Å²) in [6.45, 7) is 8.84. The lowest BCUT2D eigenvalue weighted by atomic mass is 10.0. The molecule has 0 fully saturated rings. The molecule has 0 radical (unpaired) electrons. The number of rotatable bonds is 0. The van der Waals surface area contributed by atoms with Gasteiger partial charge in [0.05, 0.1) is 0 Å². The number of amides is 1. The minimum Gasteiger partial charge on any atom is -0.444 e. The summed E-state index contributed by atoms with van der Waals surface area (Å²) >= 11 is 0. The molecule has 1 aromatic carbocycles. The van der Waals surface area contributed by atoms with Crippen molar-refractivity contribution in [3.8, 4) is 0 Å². The second-order valence-corrected chi connectivity index (χ2v) is 6.75. The van der Waals surface area contributed by atoms with Crippen LogP contribution in [0.3, 0.4) is 0 Å². The van der Waals surface area contributed by atoms with E-state index in [0.717, 1.165) is 23.9 Å². The van der Waals surface area contributed by atoms with Gasteiger partial charge in [-0.2, -0.15) is 0 Å². The van der Waals surface area contributed by atoms with Gasteiger partial charge in [0.15, 0.2) is 11.5 Å². The second-order valence-electron chi connectivity index (χ2n) is 6.75. The van der Waals surface area contributed by atoms with Gasteiger partial charge in [-0.15, -0.1) is 0 Å². The summed E-state index contributed by atoms with van der Waals surface area (Å²) in [5, 5.41) is 0. The molecule has 22 heavy (non-hydrogen) atoms. The Hall–Kier alpha value is -2.04. The maximum atomic E-state index is 12.3. The molecule has 5 heteroatoms. The maximum Gasteiger partial charge on any atom is 0.410 e. The van der Waals surface area contributed by atoms with Crippen LogP contribution in [0, 0.1) is 6.92 Å². The monoisotopic (exact) mass is 302 g/mol. The Labute approximate surface area is 130 Å². The first-order valence-corrected chi connectivity index (χ1v) is 7.69. The molecule has 0 saturated carbocycles. The van der Waals surface area contributed by atoms with Crippen LogP contribution in [-0.4, -0.2) is 34.7 Å². The van der Waals surface area contributed by atoms with Crippen molar-refractivity contribution in [2.45, 2.75) is 46.1 Å². The molecule has 0 spiro atoms. The van der Waals surface area contributed by atoms with Gasteiger partial charge in [0.25, 0.3) is 0 Å². The predicted molar refractivity (Wildman–Crippen MR) is 84.0 cm³/mol. The van der Waals surface area contributed by atoms with E-state index in [1.54, 1.807) is 4.90 Å². The lowest BCUT2D eigenvalue weighted by Crippen LogP contribution is -2.38. The third-order valence-electron chi connectivity index (χ3n) is 3.80. The molecule has 1 amide bonds. The lowest BCUT2D eigenvalue weighted by Gasteiger charge is -2.26. The van der Waals surface area contributed by atoms with Crippen molar-refractivity contribution in [3.05, 3.63) is 29.2 Å². The first-order chi connectivity index (χ1) is 10.3. The molecular weight excluding hydrogens is 280 g/mol. The average molecular weight is 302 g/mol. The number of ether oxygens (including phenoxy) is 1. The summed E-state index contributed by atoms with van der Waals surface area (Å²) in [6, 6.07) is 4.05. The number of aryl methyl sites for hydroxylation is 1. The van der Waals surface area contributed by atoms with E-state index in [0.29, 0.717) is 19.0 Å². The maximum absolute atomic E-state index is 12.3. The van der Waals surface area contributed by atoms with E-state index in [-0.39, 0.29) is 6.09 Å². The molecule has 2 heterocycles. The van der Waals surface area contributed by atoms with E-state index in [4.69, 9.17) is 9.15 Å². The van der Waals surface area contributed by atoms with Gasteiger partial charge in [0, 0.05) is 20.0 Å². The van der Waals surface area contributed by atoms with Crippen molar-refractivity contribution in [1.29, 1.82) is 0 Å². The SMILES string of the molecule is Cc1nc2c3c(ccc2o1)CCN(C(=O)OC(C)(C)C)CC3. The highest BCUT2D eigenvalue weighted by Gasteiger charge is 2.25. The summed E-state index contributed by atoms with van der Waals surface area (Å²) in [6.07, 6.45) is 1.35. The van der Waals surface area contributed by atoms with Crippen LogP contribution in [0.1, 0.15) is 37.8 Å². The molecule has 2 aromatic rings. The fraction of sp³-hybridized carbons (Fsp3) is 0.529. The van der Waals surface area contributed by atoms with Gasteiger partial charge in [0.1, 0.15) is 11.1 Å². The number of hydrogen-bond acceptors (Lipinski definition) is 4. The Kier molecular flexibility index (Phi) is 3.59. The Bertz CT molecular complexity index is 712. The molecular formula is C17H22N2O3. The highest BCUT2D eigenvalue weighted by molar-refractivity contribution is 5.78. The summed E-state index contributed by atoms with van der Waals surface area (Å²) in [5.41, 5.74) is 3.72. The highest BCUT2D eigenvalue weighted by Crippen LogP contribution is 2.26. The van der Waals surface area contributed by atoms with Crippen molar-refractivity contribution in [1.82, 2.24) is 9.88 Å². The molecule has 0 N–H and O–H groups in total. The van der Waals surface area contributed by atoms with Crippen LogP contribution in [0.15, 0.2) is 16.5 Å². The first kappa shape index (κ1) is 14.9. The number of oxazole rings is 1. The van der Waals surface area contributed by atoms with Crippen molar-refractivity contribution >= 4 is 17.2 Å². The molecule has 1 aliphatic heterocycles. The number of fused-ring (bicyclic) bond motifs is 3. The van der Waals surface area contributed by atoms with Crippen molar-refractivity contribution in [2.24, 2.45) is 0 Å². The molecule has 118 valence electrons. The quantitative estimate of drug-likeness (QED) is 0.747. The minimum absolute atomic E-state index is 0.243. The van der Waals surface area contributed by atoms with Crippen LogP contribution in [0.4, 0.5) is 4.79 Å². The summed E-state index contributed by atoms with van der Waals surface area (Å²) in [5.74, 6) is 0.677. The zero-order chi connectivity index (χ0) is 15.9. The fourth-order valence-electron chi connectivity index (χ4n) is 2.84. The minimum atomic E-state index is -0.466. The fourth-order valence-corrected chi connectivity index (χ4v) is 2.84. The van der Waals surface area contributed by atoms with Crippen molar-refractivity contribution in [2.75, 3.05) is 13.1 Å². The van der Waals surface area contributed by atoms with Gasteiger partial charge in [-0.25, -0.2) is 9.78 Å². The Morgan fingerprint density at radius 2 is 2.00 bits per heavy atom. The van der Waals surface area contributed by atoms with Gasteiger partial charge in [0.2, 0.25) is 0 Å². The van der Waals surface area contributed by atoms with Crippen molar-refractivity contribution in [3.63, 3.8) is 0 Å². The van der Waals surface area contributed by atoms with Crippen molar-refractivity contribution < 1.29 is 13.9 Å². The summed E-state index contributed by atoms with van der Waals surface area (Å²) in [4.78, 5) is 18.5. The Morgan fingerprint density at radius 1 is 1.27 bits per heavy atom. The molecule has 5 nitrogen and oxygen atoms in total. The number of carbonyl (C=O) groups is 1. The van der Waals surface area contributed by atoms with Crippen LogP contribution in [0.25, 0.3) is 11.1 Å². The van der Waals surface area contributed by atoms with Gasteiger partial charge >= 0.3 is 6.09 Å². The molecule has 1 aliphatic rings. The van der Waals surface area contributed by atoms with Crippen LogP contribution in [0.2, 0.25) is 0 Å². The molecule has 0 atom stereocenters. The normalized spacial score (nSPS) is 15.5. The average Bonchev–Trinajstić information content (AvgIpc) is 2.65. The number of nitrogens with zero attached hydrogens (tertiary/aromatic N) is 2. The third kappa shape index (κ3) is 2.93. The van der Waals surface area contributed by atoms with E-state index in [2.05, 4.69) is 11.1 Å². The molecule has 3 rings (SSSR count). The number of benzene rings is 1. The first-order valence-electron chi connectivity index (χ1n) is 7.69. The highest BCUT2D eigenvalue weighted by atomic mass is 16.6. The lowest BCUT2D eigenvalue weighted by molar-refractivity contribution is 0.0258. The standard InChI is InChI=1S/C17H22N2O3/c1-11-18-15-13-8-10-19(16(20)22-17(2,3)4)9-7-12(13)5-6-14(15)21-11/h5-6H,7-10H2,1-4H3. The number of aromatic nitrogens is 1. The Morgan fingerprint density at radius 3 is 2.73 bits per heavy atom. The zero-order valence-corrected chi connectivity index (χ0v) is 13.6.